The van der Waals surface area contributed by atoms with Gasteiger partial charge in [-0.2, -0.15) is 0 Å². The summed E-state index contributed by atoms with van der Waals surface area (Å²) in [7, 11) is 0. The summed E-state index contributed by atoms with van der Waals surface area (Å²) < 4.78 is 5.48. The zero-order valence-electron chi connectivity index (χ0n) is 7.34. The summed E-state index contributed by atoms with van der Waals surface area (Å²) in [6.07, 6.45) is 2.08. The van der Waals surface area contributed by atoms with Gasteiger partial charge in [0.1, 0.15) is 12.1 Å². The highest BCUT2D eigenvalue weighted by molar-refractivity contribution is 7.11. The molecule has 14 heavy (non-hydrogen) atoms. The number of aromatic nitrogens is 1. The fourth-order valence-corrected chi connectivity index (χ4v) is 1.94. The Labute approximate surface area is 84.7 Å². The summed E-state index contributed by atoms with van der Waals surface area (Å²) in [4.78, 5) is 14.6. The Bertz CT molecular complexity index is 314. The summed E-state index contributed by atoms with van der Waals surface area (Å²) in [5.74, 6) is -0.824. The fourth-order valence-electron chi connectivity index (χ4n) is 1.39. The van der Waals surface area contributed by atoms with Crippen LogP contribution in [0.5, 0.6) is 5.19 Å². The van der Waals surface area contributed by atoms with Crippen LogP contribution in [-0.2, 0) is 4.79 Å². The van der Waals surface area contributed by atoms with Crippen molar-refractivity contribution in [1.29, 1.82) is 0 Å². The van der Waals surface area contributed by atoms with Crippen molar-refractivity contribution < 1.29 is 14.6 Å². The molecular formula is C8H10N2O3S. The standard InChI is InChI=1S/C8H10N2O3S/c11-7(12)6-3-5(4-10-6)13-8-9-1-2-14-8/h1-2,5-6,10H,3-4H2,(H,11,12). The fraction of sp³-hybridized carbons (Fsp3) is 0.500. The van der Waals surface area contributed by atoms with E-state index in [4.69, 9.17) is 9.84 Å². The number of nitrogens with zero attached hydrogens (tertiary/aromatic N) is 1. The molecule has 6 heteroatoms. The van der Waals surface area contributed by atoms with Gasteiger partial charge in [0.15, 0.2) is 0 Å². The molecule has 0 bridgehead atoms. The lowest BCUT2D eigenvalue weighted by Gasteiger charge is -2.08. The molecule has 2 heterocycles. The van der Waals surface area contributed by atoms with Gasteiger partial charge in [-0.1, -0.05) is 11.3 Å². The van der Waals surface area contributed by atoms with Crippen LogP contribution in [-0.4, -0.2) is 34.8 Å². The van der Waals surface area contributed by atoms with E-state index >= 15 is 0 Å². The van der Waals surface area contributed by atoms with E-state index in [0.717, 1.165) is 0 Å². The van der Waals surface area contributed by atoms with Crippen molar-refractivity contribution in [2.75, 3.05) is 6.54 Å². The van der Waals surface area contributed by atoms with E-state index < -0.39 is 12.0 Å². The van der Waals surface area contributed by atoms with E-state index in [1.54, 1.807) is 6.20 Å². The van der Waals surface area contributed by atoms with Crippen LogP contribution < -0.4 is 10.1 Å². The Morgan fingerprint density at radius 2 is 2.64 bits per heavy atom. The van der Waals surface area contributed by atoms with Crippen LogP contribution in [0.25, 0.3) is 0 Å². The summed E-state index contributed by atoms with van der Waals surface area (Å²) in [6, 6.07) is -0.486. The number of aliphatic carboxylic acids is 1. The quantitative estimate of drug-likeness (QED) is 0.759. The molecule has 1 aromatic rings. The molecule has 0 amide bonds. The van der Waals surface area contributed by atoms with Crippen molar-refractivity contribution in [2.45, 2.75) is 18.6 Å². The van der Waals surface area contributed by atoms with Gasteiger partial charge in [0.25, 0.3) is 5.19 Å². The minimum absolute atomic E-state index is 0.0813. The summed E-state index contributed by atoms with van der Waals surface area (Å²) in [5, 5.41) is 14.0. The first-order valence-electron chi connectivity index (χ1n) is 4.28. The maximum absolute atomic E-state index is 10.6. The average Bonchev–Trinajstić information content (AvgIpc) is 2.75. The predicted octanol–water partition coefficient (Wildman–Crippen LogP) is 0.337. The first kappa shape index (κ1) is 9.42. The summed E-state index contributed by atoms with van der Waals surface area (Å²) >= 11 is 1.41. The molecule has 1 fully saturated rings. The number of carbonyl (C=O) groups is 1. The van der Waals surface area contributed by atoms with Gasteiger partial charge in [0, 0.05) is 24.5 Å². The van der Waals surface area contributed by atoms with Gasteiger partial charge < -0.3 is 15.2 Å². The molecule has 2 rings (SSSR count). The molecule has 1 aliphatic heterocycles. The van der Waals surface area contributed by atoms with Gasteiger partial charge in [0.05, 0.1) is 0 Å². The van der Waals surface area contributed by atoms with Crippen molar-refractivity contribution in [3.05, 3.63) is 11.6 Å². The monoisotopic (exact) mass is 214 g/mol. The van der Waals surface area contributed by atoms with Gasteiger partial charge in [0.2, 0.25) is 0 Å². The van der Waals surface area contributed by atoms with Gasteiger partial charge in [-0.05, 0) is 0 Å². The number of carboxylic acids is 1. The Morgan fingerprint density at radius 3 is 3.21 bits per heavy atom. The number of carboxylic acid groups (broad SMARTS) is 1. The van der Waals surface area contributed by atoms with Crippen LogP contribution >= 0.6 is 11.3 Å². The van der Waals surface area contributed by atoms with Crippen molar-refractivity contribution in [2.24, 2.45) is 0 Å². The molecular weight excluding hydrogens is 204 g/mol. The third-order valence-electron chi connectivity index (χ3n) is 2.07. The number of rotatable bonds is 3. The van der Waals surface area contributed by atoms with Gasteiger partial charge in [-0.15, -0.1) is 0 Å². The maximum atomic E-state index is 10.6. The largest absolute Gasteiger partial charge is 0.480 e. The molecule has 1 aromatic heterocycles. The molecule has 0 aliphatic carbocycles. The molecule has 0 radical (unpaired) electrons. The molecule has 2 atom stereocenters. The summed E-state index contributed by atoms with van der Waals surface area (Å²) in [6.45, 7) is 0.566. The smallest absolute Gasteiger partial charge is 0.320 e. The van der Waals surface area contributed by atoms with Crippen LogP contribution in [0.2, 0.25) is 0 Å². The summed E-state index contributed by atoms with van der Waals surface area (Å²) in [5.41, 5.74) is 0. The van der Waals surface area contributed by atoms with Crippen LogP contribution in [0.15, 0.2) is 11.6 Å². The van der Waals surface area contributed by atoms with E-state index in [2.05, 4.69) is 10.3 Å². The molecule has 5 nitrogen and oxygen atoms in total. The van der Waals surface area contributed by atoms with E-state index in [0.29, 0.717) is 18.2 Å². The lowest BCUT2D eigenvalue weighted by atomic mass is 10.2. The van der Waals surface area contributed by atoms with Gasteiger partial charge in [-0.25, -0.2) is 4.98 Å². The highest BCUT2D eigenvalue weighted by Gasteiger charge is 2.30. The van der Waals surface area contributed by atoms with Crippen molar-refractivity contribution >= 4 is 17.3 Å². The molecule has 76 valence electrons. The van der Waals surface area contributed by atoms with Crippen LogP contribution in [0.3, 0.4) is 0 Å². The third-order valence-corrected chi connectivity index (χ3v) is 2.73. The predicted molar refractivity (Wildman–Crippen MR) is 50.6 cm³/mol. The first-order chi connectivity index (χ1) is 6.75. The topological polar surface area (TPSA) is 71.5 Å². The number of ether oxygens (including phenoxy) is 1. The first-order valence-corrected chi connectivity index (χ1v) is 5.16. The second kappa shape index (κ2) is 3.93. The van der Waals surface area contributed by atoms with E-state index in [9.17, 15) is 4.79 Å². The zero-order chi connectivity index (χ0) is 9.97. The van der Waals surface area contributed by atoms with Crippen molar-refractivity contribution in [3.63, 3.8) is 0 Å². The lowest BCUT2D eigenvalue weighted by Crippen LogP contribution is -2.30. The number of thiazole rings is 1. The van der Waals surface area contributed by atoms with Crippen molar-refractivity contribution in [3.8, 4) is 5.19 Å². The zero-order valence-corrected chi connectivity index (χ0v) is 8.16. The Kier molecular flexibility index (Phi) is 2.64. The molecule has 0 aromatic carbocycles. The normalized spacial score (nSPS) is 26.3. The minimum Gasteiger partial charge on any atom is -0.480 e. The number of nitrogens with one attached hydrogen (secondary N) is 1. The SMILES string of the molecule is O=C(O)C1CC(Oc2nccs2)CN1. The second-order valence-electron chi connectivity index (χ2n) is 3.07. The van der Waals surface area contributed by atoms with E-state index in [1.165, 1.54) is 11.3 Å². The Morgan fingerprint density at radius 1 is 1.79 bits per heavy atom. The highest BCUT2D eigenvalue weighted by atomic mass is 32.1. The number of hydrogen-bond acceptors (Lipinski definition) is 5. The molecule has 1 aliphatic rings. The molecule has 0 spiro atoms. The van der Waals surface area contributed by atoms with E-state index in [1.807, 2.05) is 5.38 Å². The second-order valence-corrected chi connectivity index (χ2v) is 3.93. The van der Waals surface area contributed by atoms with Crippen molar-refractivity contribution in [1.82, 2.24) is 10.3 Å². The van der Waals surface area contributed by atoms with Crippen LogP contribution in [0, 0.1) is 0 Å². The van der Waals surface area contributed by atoms with Crippen LogP contribution in [0.4, 0.5) is 0 Å². The maximum Gasteiger partial charge on any atom is 0.320 e. The number of hydrogen-bond donors (Lipinski definition) is 2. The minimum atomic E-state index is -0.824. The Balaban J connectivity index is 1.87. The Hall–Kier alpha value is -1.14. The van der Waals surface area contributed by atoms with Crippen LogP contribution in [0.1, 0.15) is 6.42 Å². The lowest BCUT2D eigenvalue weighted by molar-refractivity contribution is -0.139. The molecule has 2 unspecified atom stereocenters. The molecule has 1 saturated heterocycles. The van der Waals surface area contributed by atoms with Gasteiger partial charge >= 0.3 is 5.97 Å². The average molecular weight is 214 g/mol. The molecule has 2 N–H and O–H groups in total. The molecule has 0 saturated carbocycles. The third kappa shape index (κ3) is 2.02. The van der Waals surface area contributed by atoms with E-state index in [-0.39, 0.29) is 6.10 Å². The van der Waals surface area contributed by atoms with Gasteiger partial charge in [-0.3, -0.25) is 4.79 Å². The highest BCUT2D eigenvalue weighted by Crippen LogP contribution is 2.19.